The van der Waals surface area contributed by atoms with E-state index in [0.717, 1.165) is 23.1 Å². The number of furan rings is 1. The summed E-state index contributed by atoms with van der Waals surface area (Å²) in [6, 6.07) is 6.85. The standard InChI is InChI=1S/C13H10O3S/c14-13(15)12-8-10-7-9(3-1-2-6-17)4-5-11(10)16-12/h4-5,7-8,17H,2,6H2,(H,14,15). The molecule has 0 amide bonds. The van der Waals surface area contributed by atoms with Crippen molar-refractivity contribution in [1.29, 1.82) is 0 Å². The van der Waals surface area contributed by atoms with Gasteiger partial charge in [-0.1, -0.05) is 11.8 Å². The second-order valence-electron chi connectivity index (χ2n) is 3.44. The number of hydrogen-bond donors (Lipinski definition) is 2. The van der Waals surface area contributed by atoms with E-state index in [1.807, 2.05) is 12.1 Å². The minimum absolute atomic E-state index is 0.0551. The molecular formula is C13H10O3S. The number of rotatable bonds is 2. The van der Waals surface area contributed by atoms with Gasteiger partial charge in [0.25, 0.3) is 0 Å². The number of carboxylic acids is 1. The summed E-state index contributed by atoms with van der Waals surface area (Å²) in [5.41, 5.74) is 1.40. The maximum atomic E-state index is 10.7. The Kier molecular flexibility index (Phi) is 3.40. The Morgan fingerprint density at radius 2 is 2.24 bits per heavy atom. The molecule has 0 aliphatic rings. The predicted molar refractivity (Wildman–Crippen MR) is 68.5 cm³/mol. The molecule has 1 aromatic carbocycles. The highest BCUT2D eigenvalue weighted by Crippen LogP contribution is 2.20. The van der Waals surface area contributed by atoms with Crippen LogP contribution in [0.3, 0.4) is 0 Å². The molecule has 86 valence electrons. The van der Waals surface area contributed by atoms with Crippen LogP contribution in [0.1, 0.15) is 22.5 Å². The zero-order valence-electron chi connectivity index (χ0n) is 8.93. The third-order valence-electron chi connectivity index (χ3n) is 2.20. The Balaban J connectivity index is 2.37. The van der Waals surface area contributed by atoms with Crippen molar-refractivity contribution in [3.8, 4) is 11.8 Å². The van der Waals surface area contributed by atoms with E-state index in [-0.39, 0.29) is 5.76 Å². The average molecular weight is 246 g/mol. The summed E-state index contributed by atoms with van der Waals surface area (Å²) < 4.78 is 5.15. The van der Waals surface area contributed by atoms with Gasteiger partial charge in [-0.2, -0.15) is 12.6 Å². The molecule has 0 atom stereocenters. The first-order valence-corrected chi connectivity index (χ1v) is 5.70. The number of benzene rings is 1. The van der Waals surface area contributed by atoms with E-state index in [0.29, 0.717) is 5.58 Å². The predicted octanol–water partition coefficient (Wildman–Crippen LogP) is 2.80. The van der Waals surface area contributed by atoms with E-state index < -0.39 is 5.97 Å². The maximum absolute atomic E-state index is 10.7. The largest absolute Gasteiger partial charge is 0.475 e. The molecule has 0 aliphatic carbocycles. The second-order valence-corrected chi connectivity index (χ2v) is 3.89. The highest BCUT2D eigenvalue weighted by molar-refractivity contribution is 7.80. The summed E-state index contributed by atoms with van der Waals surface area (Å²) in [7, 11) is 0. The van der Waals surface area contributed by atoms with Gasteiger partial charge in [0.1, 0.15) is 5.58 Å². The lowest BCUT2D eigenvalue weighted by molar-refractivity contribution is 0.0665. The van der Waals surface area contributed by atoms with Gasteiger partial charge in [-0.25, -0.2) is 4.79 Å². The minimum Gasteiger partial charge on any atom is -0.475 e. The number of hydrogen-bond acceptors (Lipinski definition) is 3. The van der Waals surface area contributed by atoms with E-state index in [9.17, 15) is 4.79 Å². The molecule has 2 aromatic rings. The first-order chi connectivity index (χ1) is 8.20. The third kappa shape index (κ3) is 2.63. The Hall–Kier alpha value is -1.86. The molecule has 0 bridgehead atoms. The summed E-state index contributed by atoms with van der Waals surface area (Å²) in [6.45, 7) is 0. The topological polar surface area (TPSA) is 50.4 Å². The summed E-state index contributed by atoms with van der Waals surface area (Å²) in [5, 5.41) is 9.55. The molecule has 0 aliphatic heterocycles. The number of fused-ring (bicyclic) bond motifs is 1. The quantitative estimate of drug-likeness (QED) is 0.633. The summed E-state index contributed by atoms with van der Waals surface area (Å²) >= 11 is 4.07. The normalized spacial score (nSPS) is 9.94. The number of carboxylic acid groups (broad SMARTS) is 1. The zero-order valence-corrected chi connectivity index (χ0v) is 9.83. The number of aromatic carboxylic acids is 1. The summed E-state index contributed by atoms with van der Waals surface area (Å²) in [4.78, 5) is 10.7. The molecule has 0 saturated carbocycles. The lowest BCUT2D eigenvalue weighted by Gasteiger charge is -1.90. The highest BCUT2D eigenvalue weighted by Gasteiger charge is 2.09. The summed E-state index contributed by atoms with van der Waals surface area (Å²) in [6.07, 6.45) is 0.729. The van der Waals surface area contributed by atoms with Crippen molar-refractivity contribution in [1.82, 2.24) is 0 Å². The molecule has 17 heavy (non-hydrogen) atoms. The molecular weight excluding hydrogens is 236 g/mol. The van der Waals surface area contributed by atoms with Crippen molar-refractivity contribution in [3.63, 3.8) is 0 Å². The molecule has 2 rings (SSSR count). The van der Waals surface area contributed by atoms with Crippen molar-refractivity contribution in [2.45, 2.75) is 6.42 Å². The molecule has 4 heteroatoms. The fourth-order valence-corrected chi connectivity index (χ4v) is 1.56. The molecule has 1 aromatic heterocycles. The van der Waals surface area contributed by atoms with Crippen LogP contribution < -0.4 is 0 Å². The monoisotopic (exact) mass is 246 g/mol. The Morgan fingerprint density at radius 3 is 2.94 bits per heavy atom. The SMILES string of the molecule is O=C(O)c1cc2cc(C#CCCS)ccc2o1. The Bertz CT molecular complexity index is 616. The van der Waals surface area contributed by atoms with Crippen molar-refractivity contribution < 1.29 is 14.3 Å². The molecule has 0 unspecified atom stereocenters. The van der Waals surface area contributed by atoms with Gasteiger partial charge in [0.05, 0.1) is 0 Å². The maximum Gasteiger partial charge on any atom is 0.371 e. The number of thiol groups is 1. The number of carbonyl (C=O) groups is 1. The first kappa shape index (κ1) is 11.6. The van der Waals surface area contributed by atoms with Gasteiger partial charge in [0.15, 0.2) is 0 Å². The molecule has 1 N–H and O–H groups in total. The van der Waals surface area contributed by atoms with Crippen LogP contribution in [-0.4, -0.2) is 16.8 Å². The van der Waals surface area contributed by atoms with Crippen LogP contribution in [0.5, 0.6) is 0 Å². The van der Waals surface area contributed by atoms with Crippen LogP contribution >= 0.6 is 12.6 Å². The van der Waals surface area contributed by atoms with Gasteiger partial charge in [-0.3, -0.25) is 0 Å². The smallest absolute Gasteiger partial charge is 0.371 e. The van der Waals surface area contributed by atoms with Gasteiger partial charge in [-0.15, -0.1) is 0 Å². The molecule has 3 nitrogen and oxygen atoms in total. The third-order valence-corrected chi connectivity index (χ3v) is 2.42. The van der Waals surface area contributed by atoms with Crippen molar-refractivity contribution in [2.75, 3.05) is 5.75 Å². The lowest BCUT2D eigenvalue weighted by Crippen LogP contribution is -1.91. The molecule has 0 radical (unpaired) electrons. The Morgan fingerprint density at radius 1 is 1.41 bits per heavy atom. The summed E-state index contributed by atoms with van der Waals surface area (Å²) in [5.74, 6) is 5.57. The van der Waals surface area contributed by atoms with Crippen LogP contribution in [0.15, 0.2) is 28.7 Å². The molecule has 1 heterocycles. The van der Waals surface area contributed by atoms with Crippen LogP contribution in [0.4, 0.5) is 0 Å². The van der Waals surface area contributed by atoms with Gasteiger partial charge in [0.2, 0.25) is 5.76 Å². The van der Waals surface area contributed by atoms with Crippen molar-refractivity contribution in [3.05, 3.63) is 35.6 Å². The lowest BCUT2D eigenvalue weighted by atomic mass is 10.1. The molecule has 0 saturated heterocycles. The fourth-order valence-electron chi connectivity index (χ4n) is 1.45. The highest BCUT2D eigenvalue weighted by atomic mass is 32.1. The molecule has 0 spiro atoms. The minimum atomic E-state index is -1.07. The van der Waals surface area contributed by atoms with Gasteiger partial charge < -0.3 is 9.52 Å². The second kappa shape index (κ2) is 4.98. The van der Waals surface area contributed by atoms with Gasteiger partial charge in [-0.05, 0) is 24.3 Å². The fraction of sp³-hybridized carbons (Fsp3) is 0.154. The zero-order chi connectivity index (χ0) is 12.3. The van der Waals surface area contributed by atoms with E-state index in [1.165, 1.54) is 6.07 Å². The van der Waals surface area contributed by atoms with E-state index >= 15 is 0 Å². The van der Waals surface area contributed by atoms with Crippen LogP contribution in [-0.2, 0) is 0 Å². The average Bonchev–Trinajstić information content (AvgIpc) is 2.72. The van der Waals surface area contributed by atoms with E-state index in [4.69, 9.17) is 9.52 Å². The van der Waals surface area contributed by atoms with Crippen LogP contribution in [0.2, 0.25) is 0 Å². The van der Waals surface area contributed by atoms with Crippen LogP contribution in [0, 0.1) is 11.8 Å². The van der Waals surface area contributed by atoms with E-state index in [1.54, 1.807) is 6.07 Å². The van der Waals surface area contributed by atoms with Crippen LogP contribution in [0.25, 0.3) is 11.0 Å². The van der Waals surface area contributed by atoms with E-state index in [2.05, 4.69) is 24.5 Å². The van der Waals surface area contributed by atoms with Crippen molar-refractivity contribution in [2.24, 2.45) is 0 Å². The van der Waals surface area contributed by atoms with Crippen molar-refractivity contribution >= 4 is 29.6 Å². The van der Waals surface area contributed by atoms with Gasteiger partial charge >= 0.3 is 5.97 Å². The molecule has 0 fully saturated rings. The van der Waals surface area contributed by atoms with Gasteiger partial charge in [0, 0.05) is 23.1 Å². The Labute approximate surface area is 104 Å². The first-order valence-electron chi connectivity index (χ1n) is 5.07.